The van der Waals surface area contributed by atoms with E-state index in [1.54, 1.807) is 31.2 Å². The normalized spacial score (nSPS) is 10.8. The first-order valence-electron chi connectivity index (χ1n) is 5.71. The zero-order valence-corrected chi connectivity index (χ0v) is 10.1. The van der Waals surface area contributed by atoms with Crippen LogP contribution in [-0.4, -0.2) is 15.9 Å². The molecule has 1 aromatic carbocycles. The lowest BCUT2D eigenvalue weighted by atomic mass is 10.2. The molecule has 0 bridgehead atoms. The third-order valence-electron chi connectivity index (χ3n) is 2.84. The Balaban J connectivity index is 1.91. The van der Waals surface area contributed by atoms with E-state index in [1.165, 1.54) is 6.26 Å². The van der Waals surface area contributed by atoms with Crippen molar-refractivity contribution in [2.75, 3.05) is 5.32 Å². The number of fused-ring (bicyclic) bond motifs is 1. The molecule has 0 spiro atoms. The maximum atomic E-state index is 12.0. The minimum atomic E-state index is -0.320. The molecule has 0 atom stereocenters. The van der Waals surface area contributed by atoms with Crippen LogP contribution in [-0.2, 0) is 0 Å². The Bertz CT molecular complexity index is 810. The SMILES string of the molecule is Cc1ccoc1C(=O)Nc1ccc2[nH]c(=O)[nH]c2c1. The third kappa shape index (κ3) is 2.03. The van der Waals surface area contributed by atoms with Crippen molar-refractivity contribution in [1.82, 2.24) is 9.97 Å². The fourth-order valence-corrected chi connectivity index (χ4v) is 1.90. The van der Waals surface area contributed by atoms with Gasteiger partial charge >= 0.3 is 5.69 Å². The number of hydrogen-bond donors (Lipinski definition) is 3. The van der Waals surface area contributed by atoms with Crippen LogP contribution in [0.3, 0.4) is 0 Å². The number of hydrogen-bond acceptors (Lipinski definition) is 3. The van der Waals surface area contributed by atoms with Gasteiger partial charge in [-0.3, -0.25) is 4.79 Å². The van der Waals surface area contributed by atoms with Crippen LogP contribution in [0, 0.1) is 6.92 Å². The number of carbonyl (C=O) groups excluding carboxylic acids is 1. The summed E-state index contributed by atoms with van der Waals surface area (Å²) < 4.78 is 5.11. The van der Waals surface area contributed by atoms with Gasteiger partial charge in [-0.05, 0) is 31.2 Å². The maximum Gasteiger partial charge on any atom is 0.323 e. The van der Waals surface area contributed by atoms with E-state index in [1.807, 2.05) is 0 Å². The quantitative estimate of drug-likeness (QED) is 0.655. The molecule has 0 aliphatic carbocycles. The second kappa shape index (κ2) is 4.16. The summed E-state index contributed by atoms with van der Waals surface area (Å²) in [7, 11) is 0. The molecule has 0 fully saturated rings. The highest BCUT2D eigenvalue weighted by molar-refractivity contribution is 6.03. The second-order valence-electron chi connectivity index (χ2n) is 4.23. The van der Waals surface area contributed by atoms with Gasteiger partial charge in [-0.2, -0.15) is 0 Å². The lowest BCUT2D eigenvalue weighted by molar-refractivity contribution is 0.0996. The fraction of sp³-hybridized carbons (Fsp3) is 0.0769. The molecule has 0 saturated heterocycles. The van der Waals surface area contributed by atoms with Gasteiger partial charge in [-0.25, -0.2) is 4.79 Å². The average molecular weight is 257 g/mol. The lowest BCUT2D eigenvalue weighted by Gasteiger charge is -2.03. The highest BCUT2D eigenvalue weighted by Crippen LogP contribution is 2.17. The van der Waals surface area contributed by atoms with E-state index in [4.69, 9.17) is 4.42 Å². The van der Waals surface area contributed by atoms with Gasteiger partial charge in [0.05, 0.1) is 17.3 Å². The van der Waals surface area contributed by atoms with Crippen molar-refractivity contribution < 1.29 is 9.21 Å². The van der Waals surface area contributed by atoms with Crippen LogP contribution in [0.25, 0.3) is 11.0 Å². The van der Waals surface area contributed by atoms with Gasteiger partial charge in [-0.1, -0.05) is 0 Å². The molecule has 6 heteroatoms. The molecule has 0 unspecified atom stereocenters. The van der Waals surface area contributed by atoms with Crippen LogP contribution in [0.2, 0.25) is 0 Å². The Morgan fingerprint density at radius 2 is 2.00 bits per heavy atom. The maximum absolute atomic E-state index is 12.0. The van der Waals surface area contributed by atoms with Gasteiger partial charge in [0.1, 0.15) is 0 Å². The Morgan fingerprint density at radius 1 is 1.21 bits per heavy atom. The predicted molar refractivity (Wildman–Crippen MR) is 70.3 cm³/mol. The van der Waals surface area contributed by atoms with Crippen molar-refractivity contribution in [3.8, 4) is 0 Å². The molecular weight excluding hydrogens is 246 g/mol. The highest BCUT2D eigenvalue weighted by Gasteiger charge is 2.13. The van der Waals surface area contributed by atoms with Crippen molar-refractivity contribution >= 4 is 22.6 Å². The van der Waals surface area contributed by atoms with E-state index in [9.17, 15) is 9.59 Å². The number of carbonyl (C=O) groups is 1. The van der Waals surface area contributed by atoms with Crippen molar-refractivity contribution in [2.24, 2.45) is 0 Å². The largest absolute Gasteiger partial charge is 0.459 e. The Labute approximate surface area is 107 Å². The molecule has 2 heterocycles. The lowest BCUT2D eigenvalue weighted by Crippen LogP contribution is -2.11. The van der Waals surface area contributed by atoms with E-state index < -0.39 is 0 Å². The summed E-state index contributed by atoms with van der Waals surface area (Å²) in [5.41, 5.74) is 2.41. The monoisotopic (exact) mass is 257 g/mol. The molecule has 0 radical (unpaired) electrons. The number of aromatic amines is 2. The molecule has 2 aromatic heterocycles. The van der Waals surface area contributed by atoms with Gasteiger partial charge < -0.3 is 19.7 Å². The predicted octanol–water partition coefficient (Wildman–Crippen LogP) is 2.01. The fourth-order valence-electron chi connectivity index (χ4n) is 1.90. The summed E-state index contributed by atoms with van der Waals surface area (Å²) >= 11 is 0. The number of furan rings is 1. The minimum Gasteiger partial charge on any atom is -0.459 e. The first-order chi connectivity index (χ1) is 9.13. The van der Waals surface area contributed by atoms with E-state index in [-0.39, 0.29) is 17.4 Å². The standard InChI is InChI=1S/C13H11N3O3/c1-7-4-5-19-11(7)12(17)14-8-2-3-9-10(6-8)16-13(18)15-9/h2-6H,1H3,(H,14,17)(H2,15,16,18). The van der Waals surface area contributed by atoms with E-state index in [0.29, 0.717) is 16.7 Å². The van der Waals surface area contributed by atoms with Crippen molar-refractivity contribution in [3.05, 3.63) is 52.3 Å². The third-order valence-corrected chi connectivity index (χ3v) is 2.84. The molecule has 19 heavy (non-hydrogen) atoms. The number of anilines is 1. The average Bonchev–Trinajstić information content (AvgIpc) is 2.93. The van der Waals surface area contributed by atoms with Crippen LogP contribution in [0.5, 0.6) is 0 Å². The van der Waals surface area contributed by atoms with Crippen LogP contribution >= 0.6 is 0 Å². The molecule has 3 rings (SSSR count). The Hall–Kier alpha value is -2.76. The number of rotatable bonds is 2. The van der Waals surface area contributed by atoms with E-state index in [2.05, 4.69) is 15.3 Å². The number of H-pyrrole nitrogens is 2. The summed E-state index contributed by atoms with van der Waals surface area (Å²) in [6, 6.07) is 6.84. The zero-order valence-electron chi connectivity index (χ0n) is 10.1. The summed E-state index contributed by atoms with van der Waals surface area (Å²) in [4.78, 5) is 28.4. The molecule has 1 amide bonds. The summed E-state index contributed by atoms with van der Waals surface area (Å²) in [6.45, 7) is 1.80. The first kappa shape index (κ1) is 11.3. The van der Waals surface area contributed by atoms with Crippen LogP contribution < -0.4 is 11.0 Å². The summed E-state index contributed by atoms with van der Waals surface area (Å²) in [6.07, 6.45) is 1.47. The van der Waals surface area contributed by atoms with Gasteiger partial charge in [0.25, 0.3) is 5.91 Å². The zero-order chi connectivity index (χ0) is 13.4. The Morgan fingerprint density at radius 3 is 2.74 bits per heavy atom. The van der Waals surface area contributed by atoms with Crippen LogP contribution in [0.1, 0.15) is 16.1 Å². The molecule has 6 nitrogen and oxygen atoms in total. The molecule has 0 aliphatic rings. The van der Waals surface area contributed by atoms with E-state index >= 15 is 0 Å². The molecule has 3 N–H and O–H groups in total. The number of aryl methyl sites for hydroxylation is 1. The highest BCUT2D eigenvalue weighted by atomic mass is 16.3. The number of aromatic nitrogens is 2. The molecule has 3 aromatic rings. The van der Waals surface area contributed by atoms with Gasteiger partial charge in [-0.15, -0.1) is 0 Å². The number of benzene rings is 1. The van der Waals surface area contributed by atoms with Gasteiger partial charge in [0, 0.05) is 11.3 Å². The van der Waals surface area contributed by atoms with Crippen molar-refractivity contribution in [3.63, 3.8) is 0 Å². The van der Waals surface area contributed by atoms with Crippen molar-refractivity contribution in [2.45, 2.75) is 6.92 Å². The van der Waals surface area contributed by atoms with Crippen LogP contribution in [0.15, 0.2) is 39.7 Å². The molecular formula is C13H11N3O3. The van der Waals surface area contributed by atoms with Crippen LogP contribution in [0.4, 0.5) is 5.69 Å². The topological polar surface area (TPSA) is 90.9 Å². The summed E-state index contributed by atoms with van der Waals surface area (Å²) in [5, 5.41) is 2.72. The second-order valence-corrected chi connectivity index (χ2v) is 4.23. The van der Waals surface area contributed by atoms with E-state index in [0.717, 1.165) is 5.56 Å². The first-order valence-corrected chi connectivity index (χ1v) is 5.71. The Kier molecular flexibility index (Phi) is 2.49. The van der Waals surface area contributed by atoms with Gasteiger partial charge in [0.15, 0.2) is 5.76 Å². The minimum absolute atomic E-state index is 0.277. The molecule has 0 saturated carbocycles. The molecule has 96 valence electrons. The molecule has 0 aliphatic heterocycles. The smallest absolute Gasteiger partial charge is 0.323 e. The van der Waals surface area contributed by atoms with Gasteiger partial charge in [0.2, 0.25) is 0 Å². The number of imidazole rings is 1. The number of nitrogens with one attached hydrogen (secondary N) is 3. The number of amides is 1. The van der Waals surface area contributed by atoms with Crippen molar-refractivity contribution in [1.29, 1.82) is 0 Å². The summed E-state index contributed by atoms with van der Waals surface area (Å²) in [5.74, 6) is -0.0395.